The van der Waals surface area contributed by atoms with Gasteiger partial charge in [0, 0.05) is 18.5 Å². The van der Waals surface area contributed by atoms with Crippen LogP contribution in [0.4, 0.5) is 8.78 Å². The summed E-state index contributed by atoms with van der Waals surface area (Å²) in [4.78, 5) is 23.3. The molecule has 0 saturated heterocycles. The summed E-state index contributed by atoms with van der Waals surface area (Å²) in [5.74, 6) is -3.00. The maximum absolute atomic E-state index is 13.8. The van der Waals surface area contributed by atoms with Crippen molar-refractivity contribution in [2.24, 2.45) is 5.92 Å². The molecule has 7 heteroatoms. The fourth-order valence-corrected chi connectivity index (χ4v) is 2.97. The Morgan fingerprint density at radius 1 is 1.23 bits per heavy atom. The number of rotatable bonds is 6. The van der Waals surface area contributed by atoms with Crippen molar-refractivity contribution in [3.63, 3.8) is 0 Å². The van der Waals surface area contributed by atoms with Crippen molar-refractivity contribution in [3.8, 4) is 5.75 Å². The van der Waals surface area contributed by atoms with E-state index in [1.165, 1.54) is 25.3 Å². The smallest absolute Gasteiger partial charge is 0.339 e. The van der Waals surface area contributed by atoms with Crippen LogP contribution in [-0.4, -0.2) is 24.1 Å². The summed E-state index contributed by atoms with van der Waals surface area (Å²) in [6, 6.07) is 7.93. The molecule has 1 aliphatic rings. The van der Waals surface area contributed by atoms with E-state index in [4.69, 9.17) is 9.84 Å². The van der Waals surface area contributed by atoms with Crippen LogP contribution < -0.4 is 10.1 Å². The topological polar surface area (TPSA) is 75.6 Å². The molecule has 2 atom stereocenters. The van der Waals surface area contributed by atoms with Gasteiger partial charge in [0.15, 0.2) is 0 Å². The highest BCUT2D eigenvalue weighted by Gasteiger charge is 2.45. The zero-order valence-electron chi connectivity index (χ0n) is 14.0. The zero-order valence-corrected chi connectivity index (χ0v) is 14.0. The minimum Gasteiger partial charge on any atom is -0.496 e. The molecule has 0 aromatic heterocycles. The lowest BCUT2D eigenvalue weighted by Crippen LogP contribution is -2.25. The average Bonchev–Trinajstić information content (AvgIpc) is 3.39. The normalized spacial score (nSPS) is 18.3. The largest absolute Gasteiger partial charge is 0.496 e. The molecule has 2 aromatic rings. The molecule has 1 aliphatic carbocycles. The first-order valence-electron chi connectivity index (χ1n) is 8.03. The Morgan fingerprint density at radius 2 is 2.00 bits per heavy atom. The van der Waals surface area contributed by atoms with Gasteiger partial charge >= 0.3 is 5.97 Å². The highest BCUT2D eigenvalue weighted by Crippen LogP contribution is 2.48. The standard InChI is InChI=1S/C19H17F2NO4/c1-26-17-6-10(2-4-13(17)19(24)25)9-22-18(23)15-8-14(15)12-5-3-11(20)7-16(12)21/h2-7,14-15H,8-9H2,1H3,(H,22,23)(H,24,25). The Hall–Kier alpha value is -2.96. The number of carboxylic acids is 1. The SMILES string of the molecule is COc1cc(CNC(=O)C2CC2c2ccc(F)cc2F)ccc1C(=O)O. The van der Waals surface area contributed by atoms with Gasteiger partial charge in [0.05, 0.1) is 7.11 Å². The molecule has 0 spiro atoms. The summed E-state index contributed by atoms with van der Waals surface area (Å²) in [7, 11) is 1.37. The number of ether oxygens (including phenoxy) is 1. The summed E-state index contributed by atoms with van der Waals surface area (Å²) in [5, 5.41) is 11.8. The second kappa shape index (κ2) is 7.11. The first-order valence-corrected chi connectivity index (χ1v) is 8.03. The van der Waals surface area contributed by atoms with Gasteiger partial charge in [-0.3, -0.25) is 4.79 Å². The number of methoxy groups -OCH3 is 1. The number of amides is 1. The molecule has 0 radical (unpaired) electrons. The summed E-state index contributed by atoms with van der Waals surface area (Å²) >= 11 is 0. The zero-order chi connectivity index (χ0) is 18.8. The number of hydrogen-bond donors (Lipinski definition) is 2. The van der Waals surface area contributed by atoms with E-state index in [1.54, 1.807) is 12.1 Å². The van der Waals surface area contributed by atoms with Crippen LogP contribution in [0.2, 0.25) is 0 Å². The van der Waals surface area contributed by atoms with Crippen LogP contribution in [-0.2, 0) is 11.3 Å². The van der Waals surface area contributed by atoms with Gasteiger partial charge in [-0.25, -0.2) is 13.6 Å². The van der Waals surface area contributed by atoms with Gasteiger partial charge in [0.2, 0.25) is 5.91 Å². The van der Waals surface area contributed by atoms with Gasteiger partial charge < -0.3 is 15.2 Å². The Balaban J connectivity index is 1.61. The molecule has 0 bridgehead atoms. The fraction of sp³-hybridized carbons (Fsp3) is 0.263. The van der Waals surface area contributed by atoms with E-state index in [1.807, 2.05) is 0 Å². The highest BCUT2D eigenvalue weighted by atomic mass is 19.1. The monoisotopic (exact) mass is 361 g/mol. The number of carbonyl (C=O) groups excluding carboxylic acids is 1. The summed E-state index contributed by atoms with van der Waals surface area (Å²) in [5.41, 5.74) is 1.07. The van der Waals surface area contributed by atoms with Crippen LogP contribution >= 0.6 is 0 Å². The van der Waals surface area contributed by atoms with Crippen molar-refractivity contribution in [1.82, 2.24) is 5.32 Å². The number of carbonyl (C=O) groups is 2. The van der Waals surface area contributed by atoms with Gasteiger partial charge in [-0.1, -0.05) is 12.1 Å². The molecule has 0 aliphatic heterocycles. The van der Waals surface area contributed by atoms with Crippen molar-refractivity contribution in [2.45, 2.75) is 18.9 Å². The first kappa shape index (κ1) is 17.8. The van der Waals surface area contributed by atoms with E-state index in [0.717, 1.165) is 6.07 Å². The first-order chi connectivity index (χ1) is 12.4. The molecule has 2 unspecified atom stereocenters. The molecule has 1 amide bonds. The van der Waals surface area contributed by atoms with Crippen LogP contribution in [0, 0.1) is 17.6 Å². The van der Waals surface area contributed by atoms with Crippen LogP contribution in [0.5, 0.6) is 5.75 Å². The van der Waals surface area contributed by atoms with E-state index in [0.29, 0.717) is 17.5 Å². The van der Waals surface area contributed by atoms with Gasteiger partial charge in [0.25, 0.3) is 0 Å². The van der Waals surface area contributed by atoms with Crippen LogP contribution in [0.15, 0.2) is 36.4 Å². The summed E-state index contributed by atoms with van der Waals surface area (Å²) < 4.78 is 31.8. The minimum atomic E-state index is -1.10. The summed E-state index contributed by atoms with van der Waals surface area (Å²) in [6.45, 7) is 0.199. The number of nitrogens with one attached hydrogen (secondary N) is 1. The number of aromatic carboxylic acids is 1. The Bertz CT molecular complexity index is 869. The van der Waals surface area contributed by atoms with Crippen molar-refractivity contribution in [2.75, 3.05) is 7.11 Å². The van der Waals surface area contributed by atoms with Crippen LogP contribution in [0.1, 0.15) is 33.8 Å². The molecule has 1 fully saturated rings. The molecular formula is C19H17F2NO4. The number of hydrogen-bond acceptors (Lipinski definition) is 3. The molecule has 3 rings (SSSR count). The molecule has 1 saturated carbocycles. The van der Waals surface area contributed by atoms with Gasteiger partial charge in [-0.15, -0.1) is 0 Å². The molecule has 2 N–H and O–H groups in total. The summed E-state index contributed by atoms with van der Waals surface area (Å²) in [6.07, 6.45) is 0.510. The predicted octanol–water partition coefficient (Wildman–Crippen LogP) is 3.09. The third kappa shape index (κ3) is 3.66. The fourth-order valence-electron chi connectivity index (χ4n) is 2.97. The van der Waals surface area contributed by atoms with Crippen LogP contribution in [0.25, 0.3) is 0 Å². The second-order valence-electron chi connectivity index (χ2n) is 6.17. The minimum absolute atomic E-state index is 0.0385. The number of carboxylic acid groups (broad SMARTS) is 1. The Labute approximate surface area is 148 Å². The molecule has 2 aromatic carbocycles. The lowest BCUT2D eigenvalue weighted by Gasteiger charge is -2.09. The molecule has 0 heterocycles. The van der Waals surface area contributed by atoms with Crippen molar-refractivity contribution < 1.29 is 28.2 Å². The second-order valence-corrected chi connectivity index (χ2v) is 6.17. The van der Waals surface area contributed by atoms with Crippen LogP contribution in [0.3, 0.4) is 0 Å². The Kier molecular flexibility index (Phi) is 4.88. The van der Waals surface area contributed by atoms with E-state index in [9.17, 15) is 18.4 Å². The maximum atomic E-state index is 13.8. The molecule has 26 heavy (non-hydrogen) atoms. The number of halogens is 2. The average molecular weight is 361 g/mol. The third-order valence-corrected chi connectivity index (χ3v) is 4.45. The van der Waals surface area contributed by atoms with Gasteiger partial charge in [-0.2, -0.15) is 0 Å². The Morgan fingerprint density at radius 3 is 2.65 bits per heavy atom. The third-order valence-electron chi connectivity index (χ3n) is 4.45. The van der Waals surface area contributed by atoms with E-state index < -0.39 is 17.6 Å². The predicted molar refractivity (Wildman–Crippen MR) is 89.0 cm³/mol. The van der Waals surface area contributed by atoms with Crippen molar-refractivity contribution >= 4 is 11.9 Å². The lowest BCUT2D eigenvalue weighted by atomic mass is 10.1. The molecular weight excluding hydrogens is 344 g/mol. The van der Waals surface area contributed by atoms with Gasteiger partial charge in [0.1, 0.15) is 22.9 Å². The van der Waals surface area contributed by atoms with E-state index >= 15 is 0 Å². The van der Waals surface area contributed by atoms with Crippen molar-refractivity contribution in [1.29, 1.82) is 0 Å². The van der Waals surface area contributed by atoms with E-state index in [-0.39, 0.29) is 35.6 Å². The molecule has 5 nitrogen and oxygen atoms in total. The quantitative estimate of drug-likeness (QED) is 0.829. The lowest BCUT2D eigenvalue weighted by molar-refractivity contribution is -0.122. The van der Waals surface area contributed by atoms with Gasteiger partial charge in [-0.05, 0) is 41.7 Å². The number of benzene rings is 2. The van der Waals surface area contributed by atoms with Crippen molar-refractivity contribution in [3.05, 3.63) is 64.7 Å². The maximum Gasteiger partial charge on any atom is 0.339 e. The highest BCUT2D eigenvalue weighted by molar-refractivity contribution is 5.91. The van der Waals surface area contributed by atoms with E-state index in [2.05, 4.69) is 5.32 Å². The molecule has 136 valence electrons.